The molecule has 1 aliphatic rings. The standard InChI is InChI=1S/C20H21BrN2O4/c1-20(2,3)14-4-6-15(7-5-14)25-11-19(24)23-22-10-13-8-17-18(9-16(13)21)27-12-26-17/h4-10H,11-12H2,1-3H3,(H,23,24). The maximum Gasteiger partial charge on any atom is 0.277 e. The van der Waals surface area contributed by atoms with E-state index in [0.717, 1.165) is 10.0 Å². The topological polar surface area (TPSA) is 69.2 Å². The lowest BCUT2D eigenvalue weighted by molar-refractivity contribution is -0.123. The third kappa shape index (κ3) is 5.01. The van der Waals surface area contributed by atoms with Crippen LogP contribution in [0.5, 0.6) is 17.2 Å². The molecule has 0 saturated carbocycles. The van der Waals surface area contributed by atoms with Crippen LogP contribution in [0.2, 0.25) is 0 Å². The Hall–Kier alpha value is -2.54. The van der Waals surface area contributed by atoms with Gasteiger partial charge in [0.2, 0.25) is 6.79 Å². The van der Waals surface area contributed by atoms with Crippen molar-refractivity contribution < 1.29 is 19.0 Å². The minimum Gasteiger partial charge on any atom is -0.484 e. The molecule has 2 aromatic rings. The van der Waals surface area contributed by atoms with E-state index in [-0.39, 0.29) is 24.7 Å². The number of ether oxygens (including phenoxy) is 3. The number of halogens is 1. The molecule has 2 aromatic carbocycles. The molecule has 1 amide bonds. The van der Waals surface area contributed by atoms with Gasteiger partial charge in [0.25, 0.3) is 5.91 Å². The summed E-state index contributed by atoms with van der Waals surface area (Å²) in [5.41, 5.74) is 4.49. The van der Waals surface area contributed by atoms with Crippen LogP contribution in [0.3, 0.4) is 0 Å². The van der Waals surface area contributed by atoms with Crippen molar-refractivity contribution in [2.24, 2.45) is 5.10 Å². The fourth-order valence-corrected chi connectivity index (χ4v) is 2.86. The quantitative estimate of drug-likeness (QED) is 0.572. The van der Waals surface area contributed by atoms with Crippen molar-refractivity contribution >= 4 is 28.1 Å². The van der Waals surface area contributed by atoms with Gasteiger partial charge in [0.1, 0.15) is 5.75 Å². The summed E-state index contributed by atoms with van der Waals surface area (Å²) in [4.78, 5) is 11.9. The summed E-state index contributed by atoms with van der Waals surface area (Å²) >= 11 is 3.43. The van der Waals surface area contributed by atoms with Crippen molar-refractivity contribution in [1.29, 1.82) is 0 Å². The van der Waals surface area contributed by atoms with Crippen LogP contribution in [-0.4, -0.2) is 25.5 Å². The molecule has 0 radical (unpaired) electrons. The maximum atomic E-state index is 11.9. The van der Waals surface area contributed by atoms with E-state index in [1.807, 2.05) is 24.3 Å². The molecule has 0 aromatic heterocycles. The van der Waals surface area contributed by atoms with Crippen molar-refractivity contribution in [3.8, 4) is 17.2 Å². The summed E-state index contributed by atoms with van der Waals surface area (Å²) in [6.07, 6.45) is 1.53. The van der Waals surface area contributed by atoms with E-state index < -0.39 is 0 Å². The van der Waals surface area contributed by atoms with Crippen LogP contribution in [0, 0.1) is 0 Å². The zero-order chi connectivity index (χ0) is 19.4. The van der Waals surface area contributed by atoms with Crippen LogP contribution in [0.25, 0.3) is 0 Å². The van der Waals surface area contributed by atoms with Gasteiger partial charge in [-0.25, -0.2) is 5.43 Å². The minimum atomic E-state index is -0.344. The van der Waals surface area contributed by atoms with E-state index in [4.69, 9.17) is 14.2 Å². The van der Waals surface area contributed by atoms with Crippen molar-refractivity contribution in [3.05, 3.63) is 52.0 Å². The van der Waals surface area contributed by atoms with Gasteiger partial charge in [-0.3, -0.25) is 4.79 Å². The van der Waals surface area contributed by atoms with Gasteiger partial charge in [-0.15, -0.1) is 0 Å². The number of carbonyl (C=O) groups excluding carboxylic acids is 1. The largest absolute Gasteiger partial charge is 0.484 e. The van der Waals surface area contributed by atoms with Gasteiger partial charge >= 0.3 is 0 Å². The molecule has 1 N–H and O–H groups in total. The Bertz CT molecular complexity index is 858. The molecule has 6 nitrogen and oxygen atoms in total. The van der Waals surface area contributed by atoms with Gasteiger partial charge in [-0.2, -0.15) is 5.10 Å². The fourth-order valence-electron chi connectivity index (χ4n) is 2.44. The zero-order valence-corrected chi connectivity index (χ0v) is 17.0. The Morgan fingerprint density at radius 1 is 1.22 bits per heavy atom. The number of rotatable bonds is 5. The van der Waals surface area contributed by atoms with E-state index in [1.54, 1.807) is 12.1 Å². The number of hydrazone groups is 1. The van der Waals surface area contributed by atoms with Crippen LogP contribution >= 0.6 is 15.9 Å². The zero-order valence-electron chi connectivity index (χ0n) is 15.4. The molecule has 7 heteroatoms. The monoisotopic (exact) mass is 432 g/mol. The summed E-state index contributed by atoms with van der Waals surface area (Å²) in [5.74, 6) is 1.62. The lowest BCUT2D eigenvalue weighted by Crippen LogP contribution is -2.24. The van der Waals surface area contributed by atoms with Crippen LogP contribution in [0.4, 0.5) is 0 Å². The molecule has 142 valence electrons. The molecule has 0 saturated heterocycles. The SMILES string of the molecule is CC(C)(C)c1ccc(OCC(=O)NN=Cc2cc3c(cc2Br)OCO3)cc1. The molecule has 3 rings (SSSR count). The molecule has 1 heterocycles. The van der Waals surface area contributed by atoms with Gasteiger partial charge < -0.3 is 14.2 Å². The Balaban J connectivity index is 1.51. The predicted octanol–water partition coefficient (Wildman–Crippen LogP) is 4.00. The molecule has 0 bridgehead atoms. The average molecular weight is 433 g/mol. The molecule has 0 aliphatic carbocycles. The normalized spacial score (nSPS) is 13.0. The number of nitrogens with zero attached hydrogens (tertiary/aromatic N) is 1. The third-order valence-corrected chi connectivity index (χ3v) is 4.66. The summed E-state index contributed by atoms with van der Waals surface area (Å²) in [6, 6.07) is 11.3. The van der Waals surface area contributed by atoms with Crippen LogP contribution < -0.4 is 19.6 Å². The lowest BCUT2D eigenvalue weighted by atomic mass is 9.87. The second-order valence-corrected chi connectivity index (χ2v) is 7.94. The molecule has 1 aliphatic heterocycles. The van der Waals surface area contributed by atoms with Crippen molar-refractivity contribution in [2.75, 3.05) is 13.4 Å². The summed E-state index contributed by atoms with van der Waals surface area (Å²) < 4.78 is 16.9. The molecule has 0 spiro atoms. The van der Waals surface area contributed by atoms with Crippen molar-refractivity contribution in [1.82, 2.24) is 5.43 Å². The predicted molar refractivity (Wildman–Crippen MR) is 107 cm³/mol. The molecular weight excluding hydrogens is 412 g/mol. The smallest absolute Gasteiger partial charge is 0.277 e. The van der Waals surface area contributed by atoms with Crippen LogP contribution in [0.15, 0.2) is 46.0 Å². The number of hydrogen-bond donors (Lipinski definition) is 1. The number of amides is 1. The first kappa shape index (κ1) is 19.2. The molecular formula is C20H21BrN2O4. The summed E-state index contributed by atoms with van der Waals surface area (Å²) in [7, 11) is 0. The van der Waals surface area contributed by atoms with Crippen LogP contribution in [0.1, 0.15) is 31.9 Å². The van der Waals surface area contributed by atoms with Gasteiger partial charge in [0.15, 0.2) is 18.1 Å². The maximum absolute atomic E-state index is 11.9. The Labute approximate surface area is 166 Å². The molecule has 0 atom stereocenters. The summed E-state index contributed by atoms with van der Waals surface area (Å²) in [5, 5.41) is 3.96. The first-order chi connectivity index (χ1) is 12.8. The van der Waals surface area contributed by atoms with Gasteiger partial charge in [-0.1, -0.05) is 32.9 Å². The second kappa shape index (κ2) is 8.00. The summed E-state index contributed by atoms with van der Waals surface area (Å²) in [6.45, 7) is 6.52. The van der Waals surface area contributed by atoms with E-state index in [2.05, 4.69) is 47.2 Å². The number of fused-ring (bicyclic) bond motifs is 1. The van der Waals surface area contributed by atoms with Gasteiger partial charge in [0.05, 0.1) is 6.21 Å². The highest BCUT2D eigenvalue weighted by atomic mass is 79.9. The van der Waals surface area contributed by atoms with Crippen LogP contribution in [-0.2, 0) is 10.2 Å². The van der Waals surface area contributed by atoms with E-state index in [9.17, 15) is 4.79 Å². The first-order valence-electron chi connectivity index (χ1n) is 8.47. The minimum absolute atomic E-state index is 0.0770. The molecule has 0 fully saturated rings. The Morgan fingerprint density at radius 3 is 2.56 bits per heavy atom. The highest BCUT2D eigenvalue weighted by molar-refractivity contribution is 9.10. The van der Waals surface area contributed by atoms with Gasteiger partial charge in [0, 0.05) is 10.0 Å². The van der Waals surface area contributed by atoms with Crippen molar-refractivity contribution in [2.45, 2.75) is 26.2 Å². The highest BCUT2D eigenvalue weighted by Gasteiger charge is 2.16. The fraction of sp³-hybridized carbons (Fsp3) is 0.300. The third-order valence-electron chi connectivity index (χ3n) is 3.98. The average Bonchev–Trinajstić information content (AvgIpc) is 3.07. The lowest BCUT2D eigenvalue weighted by Gasteiger charge is -2.19. The molecule has 0 unspecified atom stereocenters. The van der Waals surface area contributed by atoms with Gasteiger partial charge in [-0.05, 0) is 51.2 Å². The van der Waals surface area contributed by atoms with Crippen molar-refractivity contribution in [3.63, 3.8) is 0 Å². The number of nitrogens with one attached hydrogen (secondary N) is 1. The highest BCUT2D eigenvalue weighted by Crippen LogP contribution is 2.36. The molecule has 27 heavy (non-hydrogen) atoms. The van der Waals surface area contributed by atoms with E-state index in [1.165, 1.54) is 11.8 Å². The number of carbonyl (C=O) groups is 1. The number of benzene rings is 2. The first-order valence-corrected chi connectivity index (χ1v) is 9.26. The number of hydrogen-bond acceptors (Lipinski definition) is 5. The van der Waals surface area contributed by atoms with E-state index in [0.29, 0.717) is 17.2 Å². The Morgan fingerprint density at radius 2 is 1.89 bits per heavy atom. The van der Waals surface area contributed by atoms with E-state index >= 15 is 0 Å². The Kier molecular flexibility index (Phi) is 5.70. The second-order valence-electron chi connectivity index (χ2n) is 7.08.